The lowest BCUT2D eigenvalue weighted by molar-refractivity contribution is 0.129. The molecule has 11 heavy (non-hydrogen) atoms. The minimum absolute atomic E-state index is 0.0811. The maximum Gasteiger partial charge on any atom is 0.0639 e. The first kappa shape index (κ1) is 10.7. The van der Waals surface area contributed by atoms with E-state index in [1.165, 1.54) is 0 Å². The average molecular weight is 157 g/mol. The van der Waals surface area contributed by atoms with Crippen molar-refractivity contribution in [2.45, 2.75) is 25.8 Å². The Bertz CT molecular complexity index is 110. The van der Waals surface area contributed by atoms with Gasteiger partial charge in [0.2, 0.25) is 0 Å². The number of nitrogens with one attached hydrogen (secondary N) is 1. The highest BCUT2D eigenvalue weighted by Gasteiger charge is 2.14. The van der Waals surface area contributed by atoms with Gasteiger partial charge in [0, 0.05) is 12.6 Å². The van der Waals surface area contributed by atoms with E-state index in [1.54, 1.807) is 7.11 Å². The summed E-state index contributed by atoms with van der Waals surface area (Å²) in [6, 6.07) is 0. The average Bonchev–Trinajstić information content (AvgIpc) is 1.87. The second kappa shape index (κ2) is 5.33. The van der Waals surface area contributed by atoms with Crippen molar-refractivity contribution in [1.82, 2.24) is 5.32 Å². The number of ether oxygens (including phenoxy) is 1. The van der Waals surface area contributed by atoms with E-state index in [-0.39, 0.29) is 5.54 Å². The Morgan fingerprint density at radius 1 is 1.55 bits per heavy atom. The minimum atomic E-state index is 0.0811. The third-order valence-corrected chi connectivity index (χ3v) is 1.46. The van der Waals surface area contributed by atoms with Crippen molar-refractivity contribution in [3.8, 4) is 0 Å². The molecule has 0 atom stereocenters. The summed E-state index contributed by atoms with van der Waals surface area (Å²) in [7, 11) is 1.72. The molecule has 0 aromatic carbocycles. The zero-order valence-corrected chi connectivity index (χ0v) is 7.81. The highest BCUT2D eigenvalue weighted by atomic mass is 16.5. The number of hydrogen-bond acceptors (Lipinski definition) is 2. The van der Waals surface area contributed by atoms with E-state index in [2.05, 4.69) is 25.7 Å². The molecule has 0 bridgehead atoms. The Morgan fingerprint density at radius 3 is 2.64 bits per heavy atom. The SMILES string of the molecule is C=CCCNC(C)(C)COC. The van der Waals surface area contributed by atoms with E-state index < -0.39 is 0 Å². The van der Waals surface area contributed by atoms with Crippen LogP contribution in [0.4, 0.5) is 0 Å². The van der Waals surface area contributed by atoms with Crippen LogP contribution in [0.3, 0.4) is 0 Å². The molecule has 0 aliphatic rings. The predicted molar refractivity (Wildman–Crippen MR) is 48.8 cm³/mol. The Balaban J connectivity index is 3.45. The first-order chi connectivity index (χ1) is 5.12. The second-order valence-corrected chi connectivity index (χ2v) is 3.32. The Labute approximate surface area is 69.6 Å². The van der Waals surface area contributed by atoms with Gasteiger partial charge in [-0.25, -0.2) is 0 Å². The lowest BCUT2D eigenvalue weighted by atomic mass is 10.1. The molecule has 0 amide bonds. The summed E-state index contributed by atoms with van der Waals surface area (Å²) >= 11 is 0. The molecule has 0 radical (unpaired) electrons. The standard InChI is InChI=1S/C9H19NO/c1-5-6-7-10-9(2,3)8-11-4/h5,10H,1,6-8H2,2-4H3. The first-order valence-corrected chi connectivity index (χ1v) is 3.97. The molecule has 0 aromatic heterocycles. The maximum atomic E-state index is 5.05. The van der Waals surface area contributed by atoms with Gasteiger partial charge in [0.15, 0.2) is 0 Å². The van der Waals surface area contributed by atoms with Gasteiger partial charge in [0.25, 0.3) is 0 Å². The van der Waals surface area contributed by atoms with Crippen molar-refractivity contribution in [3.63, 3.8) is 0 Å². The van der Waals surface area contributed by atoms with Crippen LogP contribution >= 0.6 is 0 Å². The van der Waals surface area contributed by atoms with E-state index in [1.807, 2.05) is 6.08 Å². The van der Waals surface area contributed by atoms with Gasteiger partial charge >= 0.3 is 0 Å². The molecule has 0 heterocycles. The van der Waals surface area contributed by atoms with E-state index in [9.17, 15) is 0 Å². The quantitative estimate of drug-likeness (QED) is 0.467. The van der Waals surface area contributed by atoms with Crippen LogP contribution in [0.1, 0.15) is 20.3 Å². The van der Waals surface area contributed by atoms with Crippen LogP contribution in [-0.2, 0) is 4.74 Å². The third-order valence-electron chi connectivity index (χ3n) is 1.46. The number of hydrogen-bond donors (Lipinski definition) is 1. The molecule has 1 N–H and O–H groups in total. The van der Waals surface area contributed by atoms with Crippen LogP contribution in [0.15, 0.2) is 12.7 Å². The fraction of sp³-hybridized carbons (Fsp3) is 0.778. The van der Waals surface area contributed by atoms with Gasteiger partial charge in [-0.2, -0.15) is 0 Å². The Morgan fingerprint density at radius 2 is 2.18 bits per heavy atom. The van der Waals surface area contributed by atoms with Crippen molar-refractivity contribution in [2.75, 3.05) is 20.3 Å². The molecule has 0 saturated carbocycles. The monoisotopic (exact) mass is 157 g/mol. The van der Waals surface area contributed by atoms with Crippen LogP contribution in [0.5, 0.6) is 0 Å². The Hall–Kier alpha value is -0.340. The predicted octanol–water partition coefficient (Wildman–Crippen LogP) is 1.58. The van der Waals surface area contributed by atoms with Crippen molar-refractivity contribution in [1.29, 1.82) is 0 Å². The van der Waals surface area contributed by atoms with Gasteiger partial charge in [-0.3, -0.25) is 0 Å². The normalized spacial score (nSPS) is 11.5. The number of methoxy groups -OCH3 is 1. The molecule has 0 fully saturated rings. The highest BCUT2D eigenvalue weighted by molar-refractivity contribution is 4.78. The topological polar surface area (TPSA) is 21.3 Å². The molecule has 0 aliphatic heterocycles. The molecule has 66 valence electrons. The summed E-state index contributed by atoms with van der Waals surface area (Å²) in [4.78, 5) is 0. The lowest BCUT2D eigenvalue weighted by Crippen LogP contribution is -2.43. The molecular formula is C9H19NO. The van der Waals surface area contributed by atoms with Crippen molar-refractivity contribution < 1.29 is 4.74 Å². The molecule has 0 saturated heterocycles. The van der Waals surface area contributed by atoms with Crippen LogP contribution in [0.25, 0.3) is 0 Å². The molecule has 0 rings (SSSR count). The first-order valence-electron chi connectivity index (χ1n) is 3.97. The largest absolute Gasteiger partial charge is 0.383 e. The van der Waals surface area contributed by atoms with Gasteiger partial charge in [-0.15, -0.1) is 6.58 Å². The summed E-state index contributed by atoms with van der Waals surface area (Å²) in [5, 5.41) is 3.36. The van der Waals surface area contributed by atoms with Crippen LogP contribution < -0.4 is 5.32 Å². The summed E-state index contributed by atoms with van der Waals surface area (Å²) in [5.74, 6) is 0. The minimum Gasteiger partial charge on any atom is -0.383 e. The summed E-state index contributed by atoms with van der Waals surface area (Å²) < 4.78 is 5.05. The zero-order valence-electron chi connectivity index (χ0n) is 7.81. The molecule has 2 heteroatoms. The summed E-state index contributed by atoms with van der Waals surface area (Å²) in [6.07, 6.45) is 2.92. The smallest absolute Gasteiger partial charge is 0.0639 e. The second-order valence-electron chi connectivity index (χ2n) is 3.32. The third kappa shape index (κ3) is 6.07. The van der Waals surface area contributed by atoms with E-state index in [0.29, 0.717) is 0 Å². The zero-order chi connectivity index (χ0) is 8.74. The Kier molecular flexibility index (Phi) is 5.16. The fourth-order valence-electron chi connectivity index (χ4n) is 0.924. The van der Waals surface area contributed by atoms with E-state index in [0.717, 1.165) is 19.6 Å². The van der Waals surface area contributed by atoms with Gasteiger partial charge in [-0.1, -0.05) is 6.08 Å². The van der Waals surface area contributed by atoms with Crippen molar-refractivity contribution >= 4 is 0 Å². The molecule has 0 aromatic rings. The van der Waals surface area contributed by atoms with Crippen LogP contribution in [0, 0.1) is 0 Å². The highest BCUT2D eigenvalue weighted by Crippen LogP contribution is 2.01. The summed E-state index contributed by atoms with van der Waals surface area (Å²) in [5.41, 5.74) is 0.0811. The summed E-state index contributed by atoms with van der Waals surface area (Å²) in [6.45, 7) is 9.62. The molecule has 0 unspecified atom stereocenters. The molecular weight excluding hydrogens is 138 g/mol. The van der Waals surface area contributed by atoms with Crippen molar-refractivity contribution in [2.24, 2.45) is 0 Å². The maximum absolute atomic E-state index is 5.05. The van der Waals surface area contributed by atoms with E-state index in [4.69, 9.17) is 4.74 Å². The van der Waals surface area contributed by atoms with Crippen molar-refractivity contribution in [3.05, 3.63) is 12.7 Å². The van der Waals surface area contributed by atoms with E-state index >= 15 is 0 Å². The van der Waals surface area contributed by atoms with Crippen LogP contribution in [0.2, 0.25) is 0 Å². The van der Waals surface area contributed by atoms with Gasteiger partial charge in [-0.05, 0) is 26.8 Å². The molecule has 2 nitrogen and oxygen atoms in total. The fourth-order valence-corrected chi connectivity index (χ4v) is 0.924. The molecule has 0 spiro atoms. The van der Waals surface area contributed by atoms with Gasteiger partial charge in [0.1, 0.15) is 0 Å². The van der Waals surface area contributed by atoms with Gasteiger partial charge < -0.3 is 10.1 Å². The van der Waals surface area contributed by atoms with Crippen LogP contribution in [-0.4, -0.2) is 25.8 Å². The lowest BCUT2D eigenvalue weighted by Gasteiger charge is -2.24. The molecule has 0 aliphatic carbocycles. The number of rotatable bonds is 6. The van der Waals surface area contributed by atoms with Gasteiger partial charge in [0.05, 0.1) is 6.61 Å².